The van der Waals surface area contributed by atoms with Gasteiger partial charge in [-0.05, 0) is 30.7 Å². The molecule has 4 nitrogen and oxygen atoms in total. The van der Waals surface area contributed by atoms with Crippen LogP contribution in [0.4, 0.5) is 5.69 Å². The number of anilines is 1. The lowest BCUT2D eigenvalue weighted by Gasteiger charge is -2.12. The van der Waals surface area contributed by atoms with Crippen LogP contribution in [0.1, 0.15) is 28.9 Å². The molecule has 2 rings (SSSR count). The maximum absolute atomic E-state index is 11.9. The Morgan fingerprint density at radius 2 is 2.44 bits per heavy atom. The fourth-order valence-electron chi connectivity index (χ4n) is 2.04. The highest BCUT2D eigenvalue weighted by Crippen LogP contribution is 2.23. The van der Waals surface area contributed by atoms with Crippen molar-refractivity contribution in [1.29, 1.82) is 0 Å². The van der Waals surface area contributed by atoms with Crippen molar-refractivity contribution in [2.24, 2.45) is 0 Å². The fourth-order valence-corrected chi connectivity index (χ4v) is 2.76. The number of methoxy groups -OCH3 is 1. The largest absolute Gasteiger partial charge is 0.397 e. The minimum absolute atomic E-state index is 0.0609. The number of nitrogens with two attached hydrogens (primary N) is 1. The van der Waals surface area contributed by atoms with Gasteiger partial charge < -0.3 is 15.8 Å². The zero-order valence-electron chi connectivity index (χ0n) is 9.23. The van der Waals surface area contributed by atoms with Crippen LogP contribution < -0.4 is 11.1 Å². The first-order chi connectivity index (χ1) is 7.70. The number of amides is 1. The Labute approximate surface area is 98.8 Å². The van der Waals surface area contributed by atoms with E-state index in [1.165, 1.54) is 11.3 Å². The van der Waals surface area contributed by atoms with Crippen LogP contribution in [0.25, 0.3) is 0 Å². The van der Waals surface area contributed by atoms with Gasteiger partial charge in [-0.25, -0.2) is 0 Å². The van der Waals surface area contributed by atoms with Gasteiger partial charge in [-0.3, -0.25) is 4.79 Å². The highest BCUT2D eigenvalue weighted by molar-refractivity contribution is 7.12. The molecule has 2 atom stereocenters. The molecule has 1 aromatic rings. The summed E-state index contributed by atoms with van der Waals surface area (Å²) in [5, 5.41) is 4.83. The first kappa shape index (κ1) is 11.4. The lowest BCUT2D eigenvalue weighted by molar-refractivity contribution is 0.0919. The van der Waals surface area contributed by atoms with Gasteiger partial charge >= 0.3 is 0 Å². The Morgan fingerprint density at radius 1 is 1.62 bits per heavy atom. The van der Waals surface area contributed by atoms with Crippen LogP contribution >= 0.6 is 11.3 Å². The van der Waals surface area contributed by atoms with Crippen molar-refractivity contribution in [2.45, 2.75) is 31.4 Å². The highest BCUT2D eigenvalue weighted by atomic mass is 32.1. The Bertz CT molecular complexity index is 378. The molecule has 3 N–H and O–H groups in total. The number of ether oxygens (including phenoxy) is 1. The molecular formula is C11H16N2O2S. The summed E-state index contributed by atoms with van der Waals surface area (Å²) in [6.45, 7) is 0. The number of hydrogen-bond acceptors (Lipinski definition) is 4. The second-order valence-electron chi connectivity index (χ2n) is 4.05. The second kappa shape index (κ2) is 4.84. The van der Waals surface area contributed by atoms with E-state index in [9.17, 15) is 4.79 Å². The maximum atomic E-state index is 11.9. The lowest BCUT2D eigenvalue weighted by Crippen LogP contribution is -2.33. The van der Waals surface area contributed by atoms with Crippen molar-refractivity contribution in [3.8, 4) is 0 Å². The minimum Gasteiger partial charge on any atom is -0.397 e. The zero-order chi connectivity index (χ0) is 11.5. The molecule has 1 heterocycles. The van der Waals surface area contributed by atoms with E-state index in [4.69, 9.17) is 10.5 Å². The molecule has 1 aromatic heterocycles. The molecule has 2 unspecified atom stereocenters. The number of nitrogens with one attached hydrogen (secondary N) is 1. The standard InChI is InChI=1S/C11H16N2O2S/c1-15-8-3-2-7(6-8)13-11(14)10-9(12)4-5-16-10/h4-5,7-8H,2-3,6,12H2,1H3,(H,13,14). The summed E-state index contributed by atoms with van der Waals surface area (Å²) in [6, 6.07) is 1.98. The smallest absolute Gasteiger partial charge is 0.263 e. The SMILES string of the molecule is COC1CCC(NC(=O)c2sccc2N)C1. The number of thiophene rings is 1. The van der Waals surface area contributed by atoms with Crippen LogP contribution in [-0.2, 0) is 4.74 Å². The molecule has 1 saturated carbocycles. The summed E-state index contributed by atoms with van der Waals surface area (Å²) in [4.78, 5) is 12.5. The molecular weight excluding hydrogens is 224 g/mol. The summed E-state index contributed by atoms with van der Waals surface area (Å²) >= 11 is 1.38. The highest BCUT2D eigenvalue weighted by Gasteiger charge is 2.26. The van der Waals surface area contributed by atoms with E-state index in [1.54, 1.807) is 13.2 Å². The summed E-state index contributed by atoms with van der Waals surface area (Å²) in [7, 11) is 1.71. The third kappa shape index (κ3) is 2.36. The Hall–Kier alpha value is -1.07. The molecule has 16 heavy (non-hydrogen) atoms. The summed E-state index contributed by atoms with van der Waals surface area (Å²) in [5.74, 6) is -0.0609. The number of rotatable bonds is 3. The van der Waals surface area contributed by atoms with Crippen LogP contribution in [0.3, 0.4) is 0 Å². The van der Waals surface area contributed by atoms with E-state index in [0.29, 0.717) is 10.6 Å². The number of hydrogen-bond donors (Lipinski definition) is 2. The number of carbonyl (C=O) groups excluding carboxylic acids is 1. The third-order valence-corrected chi connectivity index (χ3v) is 3.88. The van der Waals surface area contributed by atoms with Gasteiger partial charge in [0, 0.05) is 13.2 Å². The lowest BCUT2D eigenvalue weighted by atomic mass is 10.2. The monoisotopic (exact) mass is 240 g/mol. The molecule has 1 aliphatic carbocycles. The minimum atomic E-state index is -0.0609. The van der Waals surface area contributed by atoms with E-state index in [0.717, 1.165) is 19.3 Å². The van der Waals surface area contributed by atoms with Crippen LogP contribution in [0.15, 0.2) is 11.4 Å². The molecule has 5 heteroatoms. The normalized spacial score (nSPS) is 24.6. The molecule has 0 aliphatic heterocycles. The molecule has 1 aliphatic rings. The van der Waals surface area contributed by atoms with E-state index in [1.807, 2.05) is 5.38 Å². The first-order valence-corrected chi connectivity index (χ1v) is 6.25. The summed E-state index contributed by atoms with van der Waals surface area (Å²) in [6.07, 6.45) is 3.18. The van der Waals surface area contributed by atoms with Crippen molar-refractivity contribution in [1.82, 2.24) is 5.32 Å². The molecule has 0 bridgehead atoms. The predicted octanol–water partition coefficient (Wildman–Crippen LogP) is 1.63. The van der Waals surface area contributed by atoms with Crippen molar-refractivity contribution in [2.75, 3.05) is 12.8 Å². The summed E-state index contributed by atoms with van der Waals surface area (Å²) < 4.78 is 5.26. The number of nitrogen functional groups attached to an aromatic ring is 1. The average Bonchev–Trinajstić information content (AvgIpc) is 2.86. The van der Waals surface area contributed by atoms with Gasteiger partial charge in [0.25, 0.3) is 5.91 Å². The van der Waals surface area contributed by atoms with Gasteiger partial charge in [-0.2, -0.15) is 0 Å². The molecule has 0 radical (unpaired) electrons. The number of carbonyl (C=O) groups is 1. The molecule has 88 valence electrons. The second-order valence-corrected chi connectivity index (χ2v) is 4.96. The third-order valence-electron chi connectivity index (χ3n) is 2.95. The Morgan fingerprint density at radius 3 is 3.00 bits per heavy atom. The first-order valence-electron chi connectivity index (χ1n) is 5.37. The quantitative estimate of drug-likeness (QED) is 0.844. The van der Waals surface area contributed by atoms with Crippen molar-refractivity contribution in [3.63, 3.8) is 0 Å². The zero-order valence-corrected chi connectivity index (χ0v) is 10.0. The van der Waals surface area contributed by atoms with Crippen LogP contribution in [0.2, 0.25) is 0 Å². The van der Waals surface area contributed by atoms with E-state index < -0.39 is 0 Å². The van der Waals surface area contributed by atoms with E-state index in [-0.39, 0.29) is 18.1 Å². The molecule has 1 amide bonds. The average molecular weight is 240 g/mol. The molecule has 0 aromatic carbocycles. The predicted molar refractivity (Wildman–Crippen MR) is 64.6 cm³/mol. The van der Waals surface area contributed by atoms with Crippen molar-refractivity contribution < 1.29 is 9.53 Å². The van der Waals surface area contributed by atoms with Gasteiger partial charge in [0.05, 0.1) is 11.8 Å². The van der Waals surface area contributed by atoms with Crippen molar-refractivity contribution in [3.05, 3.63) is 16.3 Å². The van der Waals surface area contributed by atoms with Crippen LogP contribution in [0.5, 0.6) is 0 Å². The summed E-state index contributed by atoms with van der Waals surface area (Å²) in [5.41, 5.74) is 6.25. The van der Waals surface area contributed by atoms with E-state index in [2.05, 4.69) is 5.32 Å². The van der Waals surface area contributed by atoms with Gasteiger partial charge in [0.15, 0.2) is 0 Å². The van der Waals surface area contributed by atoms with E-state index >= 15 is 0 Å². The van der Waals surface area contributed by atoms with Gasteiger partial charge in [-0.1, -0.05) is 0 Å². The van der Waals surface area contributed by atoms with Crippen LogP contribution in [-0.4, -0.2) is 25.2 Å². The van der Waals surface area contributed by atoms with Gasteiger partial charge in [0.1, 0.15) is 4.88 Å². The topological polar surface area (TPSA) is 64.3 Å². The van der Waals surface area contributed by atoms with Gasteiger partial charge in [0.2, 0.25) is 0 Å². The van der Waals surface area contributed by atoms with Crippen LogP contribution in [0, 0.1) is 0 Å². The molecule has 0 spiro atoms. The Kier molecular flexibility index (Phi) is 3.46. The molecule has 1 fully saturated rings. The van der Waals surface area contributed by atoms with Gasteiger partial charge in [-0.15, -0.1) is 11.3 Å². The fraction of sp³-hybridized carbons (Fsp3) is 0.545. The Balaban J connectivity index is 1.91. The van der Waals surface area contributed by atoms with Crippen molar-refractivity contribution >= 4 is 22.9 Å². The molecule has 0 saturated heterocycles. The maximum Gasteiger partial charge on any atom is 0.263 e.